The molecule has 5 heteroatoms. The Morgan fingerprint density at radius 2 is 1.77 bits per heavy atom. The zero-order chi connectivity index (χ0) is 18.1. The predicted molar refractivity (Wildman–Crippen MR) is 103 cm³/mol. The van der Waals surface area contributed by atoms with E-state index in [1.807, 2.05) is 36.4 Å². The van der Waals surface area contributed by atoms with Gasteiger partial charge in [0.1, 0.15) is 5.75 Å². The highest BCUT2D eigenvalue weighted by atomic mass is 16.3. The number of benzene rings is 2. The van der Waals surface area contributed by atoms with E-state index in [-0.39, 0.29) is 17.6 Å². The van der Waals surface area contributed by atoms with E-state index in [4.69, 9.17) is 10.7 Å². The second-order valence-corrected chi connectivity index (χ2v) is 6.72. The van der Waals surface area contributed by atoms with Crippen LogP contribution in [0.25, 0.3) is 22.2 Å². The molecule has 1 amide bonds. The van der Waals surface area contributed by atoms with E-state index in [0.717, 1.165) is 48.2 Å². The summed E-state index contributed by atoms with van der Waals surface area (Å²) < 4.78 is 0. The number of phenolic OH excluding ortho intramolecular Hbond substituents is 1. The molecule has 2 heterocycles. The molecule has 1 aliphatic rings. The number of aromatic nitrogens is 1. The van der Waals surface area contributed by atoms with E-state index in [9.17, 15) is 9.90 Å². The molecule has 0 atom stereocenters. The minimum atomic E-state index is -0.209. The van der Waals surface area contributed by atoms with E-state index in [2.05, 4.69) is 11.0 Å². The van der Waals surface area contributed by atoms with Crippen LogP contribution in [0.1, 0.15) is 12.8 Å². The van der Waals surface area contributed by atoms with Gasteiger partial charge in [-0.05, 0) is 37.1 Å². The predicted octanol–water partition coefficient (Wildman–Crippen LogP) is 3.31. The largest absolute Gasteiger partial charge is 0.507 e. The van der Waals surface area contributed by atoms with Gasteiger partial charge in [0.2, 0.25) is 5.91 Å². The molecule has 0 radical (unpaired) electrons. The average Bonchev–Trinajstić information content (AvgIpc) is 2.67. The summed E-state index contributed by atoms with van der Waals surface area (Å²) in [6.45, 7) is 1.56. The summed E-state index contributed by atoms with van der Waals surface area (Å²) in [5, 5.41) is 11.3. The van der Waals surface area contributed by atoms with Crippen molar-refractivity contribution in [3.05, 3.63) is 54.6 Å². The van der Waals surface area contributed by atoms with Gasteiger partial charge in [0.25, 0.3) is 0 Å². The van der Waals surface area contributed by atoms with Crippen LogP contribution in [-0.4, -0.2) is 29.1 Å². The minimum absolute atomic E-state index is 0.0445. The van der Waals surface area contributed by atoms with E-state index in [1.54, 1.807) is 12.1 Å². The number of aromatic hydroxyl groups is 1. The molecule has 5 nitrogen and oxygen atoms in total. The third-order valence-corrected chi connectivity index (χ3v) is 5.11. The molecule has 2 aromatic carbocycles. The molecule has 0 bridgehead atoms. The Kier molecular flexibility index (Phi) is 4.21. The normalized spacial score (nSPS) is 15.3. The maximum atomic E-state index is 11.5. The molecule has 0 aliphatic carbocycles. The number of pyridine rings is 1. The van der Waals surface area contributed by atoms with Crippen molar-refractivity contribution < 1.29 is 9.90 Å². The number of nitrogens with zero attached hydrogens (tertiary/aromatic N) is 2. The van der Waals surface area contributed by atoms with Gasteiger partial charge in [0, 0.05) is 35.6 Å². The van der Waals surface area contributed by atoms with Gasteiger partial charge in [-0.15, -0.1) is 0 Å². The first kappa shape index (κ1) is 16.4. The number of hydrogen-bond acceptors (Lipinski definition) is 4. The van der Waals surface area contributed by atoms with Crippen LogP contribution in [-0.2, 0) is 4.79 Å². The maximum Gasteiger partial charge on any atom is 0.220 e. The van der Waals surface area contributed by atoms with Crippen molar-refractivity contribution in [3.8, 4) is 17.0 Å². The average molecular weight is 347 g/mol. The highest BCUT2D eigenvalue weighted by Gasteiger charge is 2.24. The second kappa shape index (κ2) is 6.67. The fourth-order valence-electron chi connectivity index (χ4n) is 3.65. The van der Waals surface area contributed by atoms with Crippen LogP contribution in [0.4, 0.5) is 5.69 Å². The molecule has 1 fully saturated rings. The molecule has 3 N–H and O–H groups in total. The Hall–Kier alpha value is -3.08. The molecule has 0 spiro atoms. The van der Waals surface area contributed by atoms with Crippen LogP contribution in [0.15, 0.2) is 54.6 Å². The van der Waals surface area contributed by atoms with Crippen molar-refractivity contribution in [2.75, 3.05) is 18.0 Å². The molecular formula is C21H21N3O2. The van der Waals surface area contributed by atoms with Crippen LogP contribution in [0, 0.1) is 5.92 Å². The number of primary amides is 1. The van der Waals surface area contributed by atoms with Gasteiger partial charge in [-0.1, -0.05) is 30.3 Å². The van der Waals surface area contributed by atoms with Crippen LogP contribution >= 0.6 is 0 Å². The molecule has 1 aliphatic heterocycles. The summed E-state index contributed by atoms with van der Waals surface area (Å²) in [6.07, 6.45) is 1.52. The smallest absolute Gasteiger partial charge is 0.220 e. The molecule has 4 rings (SSSR count). The molecule has 1 aromatic heterocycles. The van der Waals surface area contributed by atoms with Crippen LogP contribution in [0.5, 0.6) is 5.75 Å². The maximum absolute atomic E-state index is 11.5. The number of piperidine rings is 1. The highest BCUT2D eigenvalue weighted by Crippen LogP contribution is 2.35. The molecule has 0 unspecified atom stereocenters. The number of nitrogens with two attached hydrogens (primary N) is 1. The summed E-state index contributed by atoms with van der Waals surface area (Å²) >= 11 is 0. The Bertz CT molecular complexity index is 962. The number of rotatable bonds is 3. The fourth-order valence-corrected chi connectivity index (χ4v) is 3.65. The fraction of sp³-hybridized carbons (Fsp3) is 0.238. The molecular weight excluding hydrogens is 326 g/mol. The number of hydrogen-bond donors (Lipinski definition) is 2. The Labute approximate surface area is 152 Å². The molecule has 132 valence electrons. The Morgan fingerprint density at radius 1 is 1.08 bits per heavy atom. The number of anilines is 1. The van der Waals surface area contributed by atoms with Crippen molar-refractivity contribution in [3.63, 3.8) is 0 Å². The topological polar surface area (TPSA) is 79.5 Å². The van der Waals surface area contributed by atoms with E-state index < -0.39 is 0 Å². The van der Waals surface area contributed by atoms with Gasteiger partial charge in [-0.2, -0.15) is 0 Å². The zero-order valence-corrected chi connectivity index (χ0v) is 14.4. The SMILES string of the molecule is NC(=O)C1CCN(c2cc(-c3ccccc3O)nc3ccccc23)CC1. The van der Waals surface area contributed by atoms with Crippen molar-refractivity contribution in [1.82, 2.24) is 4.98 Å². The lowest BCUT2D eigenvalue weighted by molar-refractivity contribution is -0.122. The zero-order valence-electron chi connectivity index (χ0n) is 14.4. The van der Waals surface area contributed by atoms with Gasteiger partial charge >= 0.3 is 0 Å². The molecule has 26 heavy (non-hydrogen) atoms. The number of carbonyl (C=O) groups excluding carboxylic acids is 1. The summed E-state index contributed by atoms with van der Waals surface area (Å²) in [7, 11) is 0. The number of carbonyl (C=O) groups is 1. The van der Waals surface area contributed by atoms with Crippen molar-refractivity contribution in [2.24, 2.45) is 11.7 Å². The van der Waals surface area contributed by atoms with Crippen molar-refractivity contribution in [2.45, 2.75) is 12.8 Å². The summed E-state index contributed by atoms with van der Waals surface area (Å²) in [6, 6.07) is 17.3. The summed E-state index contributed by atoms with van der Waals surface area (Å²) in [5.41, 5.74) is 8.89. The van der Waals surface area contributed by atoms with Crippen LogP contribution in [0.3, 0.4) is 0 Å². The van der Waals surface area contributed by atoms with Gasteiger partial charge < -0.3 is 15.7 Å². The minimum Gasteiger partial charge on any atom is -0.507 e. The highest BCUT2D eigenvalue weighted by molar-refractivity contribution is 5.94. The lowest BCUT2D eigenvalue weighted by Crippen LogP contribution is -2.38. The summed E-state index contributed by atoms with van der Waals surface area (Å²) in [4.78, 5) is 18.5. The number of fused-ring (bicyclic) bond motifs is 1. The Balaban J connectivity index is 1.79. The van der Waals surface area contributed by atoms with E-state index in [0.29, 0.717) is 5.56 Å². The first-order valence-corrected chi connectivity index (χ1v) is 8.86. The van der Waals surface area contributed by atoms with Gasteiger partial charge in [0.05, 0.1) is 11.2 Å². The molecule has 1 saturated heterocycles. The van der Waals surface area contributed by atoms with Crippen LogP contribution < -0.4 is 10.6 Å². The van der Waals surface area contributed by atoms with Crippen molar-refractivity contribution >= 4 is 22.5 Å². The van der Waals surface area contributed by atoms with Gasteiger partial charge in [0.15, 0.2) is 0 Å². The first-order chi connectivity index (χ1) is 12.6. The summed E-state index contributed by atoms with van der Waals surface area (Å²) in [5.74, 6) is -0.0372. The number of amides is 1. The van der Waals surface area contributed by atoms with E-state index in [1.165, 1.54) is 0 Å². The lowest BCUT2D eigenvalue weighted by Gasteiger charge is -2.33. The lowest BCUT2D eigenvalue weighted by atomic mass is 9.95. The first-order valence-electron chi connectivity index (χ1n) is 8.86. The van der Waals surface area contributed by atoms with Crippen LogP contribution in [0.2, 0.25) is 0 Å². The van der Waals surface area contributed by atoms with Crippen molar-refractivity contribution in [1.29, 1.82) is 0 Å². The standard InChI is InChI=1S/C21H21N3O2/c22-21(26)14-9-11-24(12-10-14)19-13-18(16-6-2-4-8-20(16)25)23-17-7-3-1-5-15(17)19/h1-8,13-14,25H,9-12H2,(H2,22,26). The number of para-hydroxylation sites is 2. The second-order valence-electron chi connectivity index (χ2n) is 6.72. The molecule has 3 aromatic rings. The quantitative estimate of drug-likeness (QED) is 0.762. The van der Waals surface area contributed by atoms with Gasteiger partial charge in [-0.3, -0.25) is 4.79 Å². The van der Waals surface area contributed by atoms with E-state index >= 15 is 0 Å². The molecule has 0 saturated carbocycles. The monoisotopic (exact) mass is 347 g/mol. The third-order valence-electron chi connectivity index (χ3n) is 5.11. The van der Waals surface area contributed by atoms with Gasteiger partial charge in [-0.25, -0.2) is 4.98 Å². The number of phenols is 1. The Morgan fingerprint density at radius 3 is 2.50 bits per heavy atom. The third kappa shape index (κ3) is 2.96.